The first-order valence-corrected chi connectivity index (χ1v) is 6.13. The standard InChI is InChI=1S/C14H19NO2/c1-14(2,12-8-4-3-5-9-12)13(16)15-10-6-7-11-17-15/h3-5,8-9H,6-7,10-11H2,1-2H3. The third-order valence-corrected chi connectivity index (χ3v) is 3.26. The van der Waals surface area contributed by atoms with Crippen LogP contribution in [-0.4, -0.2) is 24.1 Å². The molecule has 1 amide bonds. The van der Waals surface area contributed by atoms with E-state index in [1.807, 2.05) is 44.2 Å². The van der Waals surface area contributed by atoms with Crippen LogP contribution in [0.4, 0.5) is 0 Å². The molecule has 0 aromatic heterocycles. The molecular weight excluding hydrogens is 214 g/mol. The molecule has 0 saturated carbocycles. The summed E-state index contributed by atoms with van der Waals surface area (Å²) in [5.74, 6) is 0.0448. The first kappa shape index (κ1) is 12.1. The lowest BCUT2D eigenvalue weighted by atomic mass is 9.83. The fourth-order valence-electron chi connectivity index (χ4n) is 2.05. The van der Waals surface area contributed by atoms with Crippen molar-refractivity contribution in [2.45, 2.75) is 32.1 Å². The van der Waals surface area contributed by atoms with Crippen molar-refractivity contribution in [3.05, 3.63) is 35.9 Å². The molecular formula is C14H19NO2. The molecule has 3 heteroatoms. The Kier molecular flexibility index (Phi) is 3.48. The predicted octanol–water partition coefficient (Wildman–Crippen LogP) is 2.52. The van der Waals surface area contributed by atoms with Crippen LogP contribution in [-0.2, 0) is 15.0 Å². The number of hydrogen-bond acceptors (Lipinski definition) is 2. The van der Waals surface area contributed by atoms with Crippen LogP contribution in [0.1, 0.15) is 32.3 Å². The summed E-state index contributed by atoms with van der Waals surface area (Å²) in [4.78, 5) is 17.9. The van der Waals surface area contributed by atoms with Crippen molar-refractivity contribution in [2.24, 2.45) is 0 Å². The van der Waals surface area contributed by atoms with E-state index in [-0.39, 0.29) is 5.91 Å². The summed E-state index contributed by atoms with van der Waals surface area (Å²) in [6.07, 6.45) is 2.06. The van der Waals surface area contributed by atoms with Crippen LogP contribution in [0.3, 0.4) is 0 Å². The van der Waals surface area contributed by atoms with Gasteiger partial charge in [-0.1, -0.05) is 30.3 Å². The van der Waals surface area contributed by atoms with Crippen molar-refractivity contribution in [1.29, 1.82) is 0 Å². The first-order chi connectivity index (χ1) is 8.12. The maximum Gasteiger partial charge on any atom is 0.256 e. The maximum atomic E-state index is 12.4. The third-order valence-electron chi connectivity index (χ3n) is 3.26. The van der Waals surface area contributed by atoms with E-state index >= 15 is 0 Å². The third kappa shape index (κ3) is 2.50. The summed E-state index contributed by atoms with van der Waals surface area (Å²) in [5, 5.41) is 1.52. The molecule has 1 aromatic rings. The Hall–Kier alpha value is -1.35. The first-order valence-electron chi connectivity index (χ1n) is 6.13. The molecule has 3 nitrogen and oxygen atoms in total. The van der Waals surface area contributed by atoms with E-state index < -0.39 is 5.41 Å². The number of hydrogen-bond donors (Lipinski definition) is 0. The van der Waals surface area contributed by atoms with Gasteiger partial charge in [0.05, 0.1) is 12.0 Å². The van der Waals surface area contributed by atoms with Crippen LogP contribution in [0.5, 0.6) is 0 Å². The van der Waals surface area contributed by atoms with Gasteiger partial charge in [0.1, 0.15) is 0 Å². The summed E-state index contributed by atoms with van der Waals surface area (Å²) < 4.78 is 0. The number of benzene rings is 1. The lowest BCUT2D eigenvalue weighted by Gasteiger charge is -2.33. The highest BCUT2D eigenvalue weighted by atomic mass is 16.7. The number of rotatable bonds is 2. The van der Waals surface area contributed by atoms with E-state index in [0.717, 1.165) is 18.4 Å². The summed E-state index contributed by atoms with van der Waals surface area (Å²) in [7, 11) is 0. The molecule has 0 aliphatic carbocycles. The largest absolute Gasteiger partial charge is 0.272 e. The molecule has 0 unspecified atom stereocenters. The summed E-state index contributed by atoms with van der Waals surface area (Å²) in [6.45, 7) is 5.25. The summed E-state index contributed by atoms with van der Waals surface area (Å²) in [6, 6.07) is 9.86. The molecule has 2 rings (SSSR count). The predicted molar refractivity (Wildman–Crippen MR) is 66.4 cm³/mol. The minimum atomic E-state index is -0.529. The van der Waals surface area contributed by atoms with E-state index in [4.69, 9.17) is 4.84 Å². The Labute approximate surface area is 102 Å². The van der Waals surface area contributed by atoms with E-state index in [9.17, 15) is 4.79 Å². The van der Waals surface area contributed by atoms with Gasteiger partial charge in [0.15, 0.2) is 0 Å². The monoisotopic (exact) mass is 233 g/mol. The Morgan fingerprint density at radius 1 is 1.24 bits per heavy atom. The molecule has 1 saturated heterocycles. The Morgan fingerprint density at radius 2 is 1.94 bits per heavy atom. The number of carbonyl (C=O) groups excluding carboxylic acids is 1. The Morgan fingerprint density at radius 3 is 2.53 bits per heavy atom. The fraction of sp³-hybridized carbons (Fsp3) is 0.500. The number of carbonyl (C=O) groups is 1. The number of hydroxylamine groups is 2. The second-order valence-corrected chi connectivity index (χ2v) is 4.94. The van der Waals surface area contributed by atoms with E-state index in [0.29, 0.717) is 13.2 Å². The quantitative estimate of drug-likeness (QED) is 0.785. The molecule has 17 heavy (non-hydrogen) atoms. The van der Waals surface area contributed by atoms with Gasteiger partial charge in [-0.15, -0.1) is 0 Å². The molecule has 92 valence electrons. The molecule has 1 heterocycles. The van der Waals surface area contributed by atoms with Crippen LogP contribution in [0.15, 0.2) is 30.3 Å². The van der Waals surface area contributed by atoms with Gasteiger partial charge < -0.3 is 0 Å². The minimum Gasteiger partial charge on any atom is -0.272 e. The number of amides is 1. The SMILES string of the molecule is CC(C)(C(=O)N1CCCCO1)c1ccccc1. The van der Waals surface area contributed by atoms with Crippen LogP contribution < -0.4 is 0 Å². The molecule has 1 aliphatic rings. The average molecular weight is 233 g/mol. The molecule has 0 bridgehead atoms. The van der Waals surface area contributed by atoms with Gasteiger partial charge in [-0.25, -0.2) is 5.06 Å². The second-order valence-electron chi connectivity index (χ2n) is 4.94. The highest BCUT2D eigenvalue weighted by molar-refractivity contribution is 5.86. The Bertz CT molecular complexity index is 380. The van der Waals surface area contributed by atoms with Gasteiger partial charge >= 0.3 is 0 Å². The van der Waals surface area contributed by atoms with Crippen molar-refractivity contribution >= 4 is 5.91 Å². The lowest BCUT2D eigenvalue weighted by molar-refractivity contribution is -0.202. The zero-order valence-corrected chi connectivity index (χ0v) is 10.5. The molecule has 1 aliphatic heterocycles. The van der Waals surface area contributed by atoms with Gasteiger partial charge in [-0.05, 0) is 32.3 Å². The van der Waals surface area contributed by atoms with E-state index in [2.05, 4.69) is 0 Å². The zero-order chi connectivity index (χ0) is 12.3. The van der Waals surface area contributed by atoms with E-state index in [1.165, 1.54) is 5.06 Å². The molecule has 1 fully saturated rings. The zero-order valence-electron chi connectivity index (χ0n) is 10.5. The minimum absolute atomic E-state index is 0.0448. The van der Waals surface area contributed by atoms with Gasteiger partial charge in [0.2, 0.25) is 0 Å². The molecule has 0 N–H and O–H groups in total. The van der Waals surface area contributed by atoms with Gasteiger partial charge in [-0.3, -0.25) is 9.63 Å². The highest BCUT2D eigenvalue weighted by Crippen LogP contribution is 2.26. The van der Waals surface area contributed by atoms with E-state index in [1.54, 1.807) is 0 Å². The average Bonchev–Trinajstić information content (AvgIpc) is 2.40. The van der Waals surface area contributed by atoms with Gasteiger partial charge in [0.25, 0.3) is 5.91 Å². The Balaban J connectivity index is 2.17. The van der Waals surface area contributed by atoms with Crippen molar-refractivity contribution in [2.75, 3.05) is 13.2 Å². The smallest absolute Gasteiger partial charge is 0.256 e. The van der Waals surface area contributed by atoms with Crippen molar-refractivity contribution in [1.82, 2.24) is 5.06 Å². The summed E-state index contributed by atoms with van der Waals surface area (Å²) >= 11 is 0. The van der Waals surface area contributed by atoms with Crippen molar-refractivity contribution in [3.63, 3.8) is 0 Å². The van der Waals surface area contributed by atoms with Crippen molar-refractivity contribution in [3.8, 4) is 0 Å². The molecule has 0 spiro atoms. The molecule has 1 aromatic carbocycles. The van der Waals surface area contributed by atoms with Crippen LogP contribution in [0.2, 0.25) is 0 Å². The lowest BCUT2D eigenvalue weighted by Crippen LogP contribution is -2.45. The van der Waals surface area contributed by atoms with Crippen molar-refractivity contribution < 1.29 is 9.63 Å². The van der Waals surface area contributed by atoms with Crippen LogP contribution in [0, 0.1) is 0 Å². The van der Waals surface area contributed by atoms with Crippen LogP contribution in [0.25, 0.3) is 0 Å². The topological polar surface area (TPSA) is 29.5 Å². The van der Waals surface area contributed by atoms with Crippen LogP contribution >= 0.6 is 0 Å². The summed E-state index contributed by atoms with van der Waals surface area (Å²) in [5.41, 5.74) is 0.498. The normalized spacial score (nSPS) is 16.9. The molecule has 0 radical (unpaired) electrons. The number of nitrogens with zero attached hydrogens (tertiary/aromatic N) is 1. The fourth-order valence-corrected chi connectivity index (χ4v) is 2.05. The maximum absolute atomic E-state index is 12.4. The highest BCUT2D eigenvalue weighted by Gasteiger charge is 2.35. The van der Waals surface area contributed by atoms with Gasteiger partial charge in [0, 0.05) is 6.54 Å². The van der Waals surface area contributed by atoms with Gasteiger partial charge in [-0.2, -0.15) is 0 Å². The molecule has 0 atom stereocenters. The second kappa shape index (κ2) is 4.88.